The maximum Gasteiger partial charge on any atom is 0.130 e. The molecule has 1 nitrogen and oxygen atoms in total. The Kier molecular flexibility index (Phi) is 2.48. The fraction of sp³-hybridized carbons (Fsp3) is 0.143. The summed E-state index contributed by atoms with van der Waals surface area (Å²) in [5, 5.41) is 9.01. The van der Waals surface area contributed by atoms with E-state index in [1.54, 1.807) is 0 Å². The second-order valence-electron chi connectivity index (χ2n) is 1.75. The Morgan fingerprint density at radius 2 is 1.78 bits per heavy atom. The summed E-state index contributed by atoms with van der Waals surface area (Å²) in [6, 6.07) is 9.56. The third-order valence-electron chi connectivity index (χ3n) is 1.07. The summed E-state index contributed by atoms with van der Waals surface area (Å²) in [5.74, 6) is 0. The van der Waals surface area contributed by atoms with E-state index in [1.807, 2.05) is 52.9 Å². The van der Waals surface area contributed by atoms with Crippen molar-refractivity contribution in [3.05, 3.63) is 35.9 Å². The van der Waals surface area contributed by atoms with Crippen LogP contribution in [0.1, 0.15) is 9.67 Å². The van der Waals surface area contributed by atoms with Crippen LogP contribution in [0.2, 0.25) is 0 Å². The summed E-state index contributed by atoms with van der Waals surface area (Å²) in [5.41, 5.74) is 0.957. The van der Waals surface area contributed by atoms with Crippen molar-refractivity contribution in [1.29, 1.82) is 0 Å². The summed E-state index contributed by atoms with van der Waals surface area (Å²) in [6.07, 6.45) is 0. The van der Waals surface area contributed by atoms with Crippen LogP contribution < -0.4 is 0 Å². The van der Waals surface area contributed by atoms with E-state index in [1.165, 1.54) is 0 Å². The van der Waals surface area contributed by atoms with E-state index in [-0.39, 0.29) is 4.11 Å². The van der Waals surface area contributed by atoms with Crippen LogP contribution in [0.25, 0.3) is 0 Å². The molecule has 0 aliphatic heterocycles. The van der Waals surface area contributed by atoms with Gasteiger partial charge in [-0.15, -0.1) is 0 Å². The Hall–Kier alpha value is -0.0900. The molecular weight excluding hydrogens is 227 g/mol. The minimum atomic E-state index is -0.371. The number of rotatable bonds is 1. The molecule has 9 heavy (non-hydrogen) atoms. The molecule has 0 amide bonds. The highest BCUT2D eigenvalue weighted by atomic mass is 127. The molecule has 1 aromatic carbocycles. The summed E-state index contributed by atoms with van der Waals surface area (Å²) in [7, 11) is 0. The molecule has 1 rings (SSSR count). The molecule has 0 saturated heterocycles. The van der Waals surface area contributed by atoms with Crippen LogP contribution in [-0.2, 0) is 0 Å². The number of halogens is 1. The largest absolute Gasteiger partial charge is 0.378 e. The Bertz CT molecular complexity index is 172. The lowest BCUT2D eigenvalue weighted by molar-refractivity contribution is 0.286. The molecule has 2 heteroatoms. The van der Waals surface area contributed by atoms with Crippen LogP contribution in [0, 0.1) is 0 Å². The van der Waals surface area contributed by atoms with Gasteiger partial charge >= 0.3 is 0 Å². The molecular formula is C7H7IO. The maximum atomic E-state index is 9.01. The lowest BCUT2D eigenvalue weighted by Gasteiger charge is -1.99. The fourth-order valence-corrected chi connectivity index (χ4v) is 1.03. The van der Waals surface area contributed by atoms with Gasteiger partial charge < -0.3 is 5.11 Å². The van der Waals surface area contributed by atoms with Crippen molar-refractivity contribution in [2.24, 2.45) is 0 Å². The molecule has 48 valence electrons. The molecule has 1 N–H and O–H groups in total. The summed E-state index contributed by atoms with van der Waals surface area (Å²) in [6.45, 7) is 0. The first-order valence-corrected chi connectivity index (χ1v) is 3.92. The molecule has 0 spiro atoms. The zero-order chi connectivity index (χ0) is 6.69. The number of benzene rings is 1. The minimum Gasteiger partial charge on any atom is -0.378 e. The molecule has 0 saturated carbocycles. The van der Waals surface area contributed by atoms with Gasteiger partial charge in [0.2, 0.25) is 0 Å². The first-order valence-electron chi connectivity index (χ1n) is 2.68. The van der Waals surface area contributed by atoms with Gasteiger partial charge in [0.25, 0.3) is 0 Å². The lowest BCUT2D eigenvalue weighted by Crippen LogP contribution is -1.83. The Morgan fingerprint density at radius 1 is 1.22 bits per heavy atom. The molecule has 1 atom stereocenters. The third-order valence-corrected chi connectivity index (χ3v) is 1.79. The van der Waals surface area contributed by atoms with Crippen LogP contribution >= 0.6 is 22.6 Å². The molecule has 0 bridgehead atoms. The smallest absolute Gasteiger partial charge is 0.130 e. The molecule has 0 radical (unpaired) electrons. The molecule has 1 unspecified atom stereocenters. The van der Waals surface area contributed by atoms with Gasteiger partial charge in [0.05, 0.1) is 0 Å². The van der Waals surface area contributed by atoms with E-state index in [4.69, 9.17) is 5.11 Å². The summed E-state index contributed by atoms with van der Waals surface area (Å²) >= 11 is 1.96. The van der Waals surface area contributed by atoms with Gasteiger partial charge in [0, 0.05) is 0 Å². The van der Waals surface area contributed by atoms with Gasteiger partial charge in [-0.1, -0.05) is 30.3 Å². The van der Waals surface area contributed by atoms with Crippen molar-refractivity contribution in [1.82, 2.24) is 0 Å². The van der Waals surface area contributed by atoms with Crippen molar-refractivity contribution in [2.45, 2.75) is 4.11 Å². The molecule has 0 heterocycles. The van der Waals surface area contributed by atoms with E-state index >= 15 is 0 Å². The quantitative estimate of drug-likeness (QED) is 0.582. The predicted octanol–water partition coefficient (Wildman–Crippen LogP) is 2.11. The maximum absolute atomic E-state index is 9.01. The highest BCUT2D eigenvalue weighted by molar-refractivity contribution is 14.1. The first-order chi connectivity index (χ1) is 4.30. The van der Waals surface area contributed by atoms with E-state index in [2.05, 4.69) is 0 Å². The zero-order valence-electron chi connectivity index (χ0n) is 4.79. The van der Waals surface area contributed by atoms with E-state index in [0.717, 1.165) is 5.56 Å². The Labute approximate surface area is 67.9 Å². The van der Waals surface area contributed by atoms with Gasteiger partial charge in [0.1, 0.15) is 4.11 Å². The number of hydrogen-bond donors (Lipinski definition) is 1. The first kappa shape index (κ1) is 7.02. The van der Waals surface area contributed by atoms with Crippen LogP contribution in [0.4, 0.5) is 0 Å². The molecule has 0 aliphatic rings. The monoisotopic (exact) mass is 234 g/mol. The Balaban J connectivity index is 2.85. The number of hydrogen-bond acceptors (Lipinski definition) is 1. The van der Waals surface area contributed by atoms with Crippen LogP contribution in [-0.4, -0.2) is 5.11 Å². The predicted molar refractivity (Wildman–Crippen MR) is 45.4 cm³/mol. The Morgan fingerprint density at radius 3 is 2.11 bits per heavy atom. The van der Waals surface area contributed by atoms with Gasteiger partial charge in [-0.05, 0) is 28.2 Å². The van der Waals surface area contributed by atoms with Gasteiger partial charge in [0.15, 0.2) is 0 Å². The average Bonchev–Trinajstić information content (AvgIpc) is 1.90. The standard InChI is InChI=1S/C7H7IO/c8-7(9)6-4-2-1-3-5-6/h1-5,7,9H. The second-order valence-corrected chi connectivity index (χ2v) is 2.93. The number of aliphatic hydroxyl groups excluding tert-OH is 1. The summed E-state index contributed by atoms with van der Waals surface area (Å²) in [4.78, 5) is 0. The normalized spacial score (nSPS) is 13.1. The van der Waals surface area contributed by atoms with Crippen LogP contribution in [0.5, 0.6) is 0 Å². The second kappa shape index (κ2) is 3.17. The van der Waals surface area contributed by atoms with E-state index in [9.17, 15) is 0 Å². The van der Waals surface area contributed by atoms with Gasteiger partial charge in [-0.25, -0.2) is 0 Å². The molecule has 0 fully saturated rings. The molecule has 1 aromatic rings. The topological polar surface area (TPSA) is 20.2 Å². The third kappa shape index (κ3) is 1.95. The van der Waals surface area contributed by atoms with Crippen LogP contribution in [0.3, 0.4) is 0 Å². The van der Waals surface area contributed by atoms with E-state index in [0.29, 0.717) is 0 Å². The van der Waals surface area contributed by atoms with E-state index < -0.39 is 0 Å². The van der Waals surface area contributed by atoms with Crippen molar-refractivity contribution in [3.8, 4) is 0 Å². The lowest BCUT2D eigenvalue weighted by atomic mass is 10.2. The zero-order valence-corrected chi connectivity index (χ0v) is 6.95. The fourth-order valence-electron chi connectivity index (χ4n) is 0.612. The minimum absolute atomic E-state index is 0.371. The van der Waals surface area contributed by atoms with Crippen molar-refractivity contribution < 1.29 is 5.11 Å². The van der Waals surface area contributed by atoms with Crippen molar-refractivity contribution in [3.63, 3.8) is 0 Å². The van der Waals surface area contributed by atoms with Crippen molar-refractivity contribution in [2.75, 3.05) is 0 Å². The van der Waals surface area contributed by atoms with Gasteiger partial charge in [-0.3, -0.25) is 0 Å². The summed E-state index contributed by atoms with van der Waals surface area (Å²) < 4.78 is -0.371. The number of alkyl halides is 1. The molecule has 0 aromatic heterocycles. The highest BCUT2D eigenvalue weighted by Gasteiger charge is 1.97. The van der Waals surface area contributed by atoms with Gasteiger partial charge in [-0.2, -0.15) is 0 Å². The highest BCUT2D eigenvalue weighted by Crippen LogP contribution is 2.17. The van der Waals surface area contributed by atoms with Crippen molar-refractivity contribution >= 4 is 22.6 Å². The SMILES string of the molecule is OC(I)c1ccccc1. The molecule has 0 aliphatic carbocycles. The average molecular weight is 234 g/mol. The van der Waals surface area contributed by atoms with Crippen LogP contribution in [0.15, 0.2) is 30.3 Å². The number of aliphatic hydroxyl groups is 1.